The summed E-state index contributed by atoms with van der Waals surface area (Å²) in [6, 6.07) is 9.58. The molecule has 0 amide bonds. The van der Waals surface area contributed by atoms with Gasteiger partial charge in [0.15, 0.2) is 0 Å². The zero-order valence-electron chi connectivity index (χ0n) is 11.3. The first-order chi connectivity index (χ1) is 9.72. The van der Waals surface area contributed by atoms with Gasteiger partial charge >= 0.3 is 0 Å². The number of nitrogens with one attached hydrogen (secondary N) is 2. The normalized spacial score (nSPS) is 9.65. The molecule has 0 fully saturated rings. The van der Waals surface area contributed by atoms with E-state index in [0.717, 1.165) is 17.0 Å². The Labute approximate surface area is 117 Å². The summed E-state index contributed by atoms with van der Waals surface area (Å²) in [6.45, 7) is 2.20. The molecule has 2 rings (SSSR count). The fraction of sp³-hybridized carbons (Fsp3) is 0.214. The number of nitrogens with zero attached hydrogens (tertiary/aromatic N) is 3. The second-order valence-electron chi connectivity index (χ2n) is 4.13. The van der Waals surface area contributed by atoms with Gasteiger partial charge in [0.25, 0.3) is 0 Å². The lowest BCUT2D eigenvalue weighted by Gasteiger charge is -2.11. The van der Waals surface area contributed by atoms with Crippen LogP contribution in [0.15, 0.2) is 30.6 Å². The van der Waals surface area contributed by atoms with Gasteiger partial charge in [0.1, 0.15) is 30.3 Å². The molecule has 6 nitrogen and oxygen atoms in total. The molecular weight excluding hydrogens is 254 g/mol. The lowest BCUT2D eigenvalue weighted by molar-refractivity contribution is 0.416. The van der Waals surface area contributed by atoms with Crippen molar-refractivity contribution in [2.45, 2.75) is 6.92 Å². The topological polar surface area (TPSA) is 82.9 Å². The fourth-order valence-corrected chi connectivity index (χ4v) is 1.71. The molecule has 0 spiro atoms. The van der Waals surface area contributed by atoms with Crippen molar-refractivity contribution in [3.05, 3.63) is 36.2 Å². The summed E-state index contributed by atoms with van der Waals surface area (Å²) in [6.07, 6.45) is 1.43. The number of aryl methyl sites for hydroxylation is 1. The van der Waals surface area contributed by atoms with Crippen LogP contribution in [-0.2, 0) is 0 Å². The molecule has 2 N–H and O–H groups in total. The van der Waals surface area contributed by atoms with Crippen LogP contribution in [0.1, 0.15) is 5.56 Å². The molecule has 0 aliphatic heterocycles. The van der Waals surface area contributed by atoms with Crippen LogP contribution < -0.4 is 15.4 Å². The standard InChI is InChI=1S/C14H15N5O/c1-10-3-4-12(20-2)11(7-10)19-14-8-13(16-6-5-15)17-9-18-14/h3-4,7-9H,6H2,1-2H3,(H2,16,17,18,19). The van der Waals surface area contributed by atoms with Crippen molar-refractivity contribution in [3.63, 3.8) is 0 Å². The third-order valence-electron chi connectivity index (χ3n) is 2.63. The van der Waals surface area contributed by atoms with Gasteiger partial charge in [-0.1, -0.05) is 6.07 Å². The molecule has 0 bridgehead atoms. The first kappa shape index (κ1) is 13.6. The number of rotatable bonds is 5. The van der Waals surface area contributed by atoms with Gasteiger partial charge in [-0.2, -0.15) is 5.26 Å². The Morgan fingerprint density at radius 1 is 1.25 bits per heavy atom. The molecule has 102 valence electrons. The Bertz CT molecular complexity index is 636. The average molecular weight is 269 g/mol. The summed E-state index contributed by atoms with van der Waals surface area (Å²) in [5.41, 5.74) is 1.95. The molecule has 1 aromatic carbocycles. The third kappa shape index (κ3) is 3.36. The van der Waals surface area contributed by atoms with Crippen molar-refractivity contribution in [2.75, 3.05) is 24.3 Å². The molecule has 0 aliphatic rings. The van der Waals surface area contributed by atoms with Gasteiger partial charge in [0.05, 0.1) is 18.9 Å². The summed E-state index contributed by atoms with van der Waals surface area (Å²) in [5, 5.41) is 14.6. The van der Waals surface area contributed by atoms with E-state index in [1.807, 2.05) is 31.2 Å². The minimum Gasteiger partial charge on any atom is -0.495 e. The molecule has 0 saturated carbocycles. The number of aromatic nitrogens is 2. The van der Waals surface area contributed by atoms with Crippen LogP contribution in [0.5, 0.6) is 5.75 Å². The van der Waals surface area contributed by atoms with Gasteiger partial charge in [-0.05, 0) is 24.6 Å². The van der Waals surface area contributed by atoms with E-state index in [0.29, 0.717) is 11.6 Å². The van der Waals surface area contributed by atoms with Gasteiger partial charge in [-0.3, -0.25) is 0 Å². The summed E-state index contributed by atoms with van der Waals surface area (Å²) in [7, 11) is 1.62. The van der Waals surface area contributed by atoms with Crippen LogP contribution in [0.4, 0.5) is 17.3 Å². The van der Waals surface area contributed by atoms with Gasteiger partial charge in [-0.25, -0.2) is 9.97 Å². The fourth-order valence-electron chi connectivity index (χ4n) is 1.71. The van der Waals surface area contributed by atoms with Crippen molar-refractivity contribution in [3.8, 4) is 11.8 Å². The van der Waals surface area contributed by atoms with Crippen LogP contribution in [-0.4, -0.2) is 23.6 Å². The highest BCUT2D eigenvalue weighted by Crippen LogP contribution is 2.28. The number of hydrogen-bond acceptors (Lipinski definition) is 6. The van der Waals surface area contributed by atoms with E-state index in [1.54, 1.807) is 13.2 Å². The molecule has 0 radical (unpaired) electrons. The first-order valence-electron chi connectivity index (χ1n) is 6.07. The van der Waals surface area contributed by atoms with E-state index in [-0.39, 0.29) is 6.54 Å². The minimum absolute atomic E-state index is 0.199. The SMILES string of the molecule is COc1ccc(C)cc1Nc1cc(NCC#N)ncn1. The number of benzene rings is 1. The lowest BCUT2D eigenvalue weighted by atomic mass is 10.2. The highest BCUT2D eigenvalue weighted by molar-refractivity contribution is 5.66. The molecule has 1 heterocycles. The second-order valence-corrected chi connectivity index (χ2v) is 4.13. The highest BCUT2D eigenvalue weighted by Gasteiger charge is 2.05. The lowest BCUT2D eigenvalue weighted by Crippen LogP contribution is -2.03. The molecule has 1 aromatic heterocycles. The maximum absolute atomic E-state index is 8.54. The van der Waals surface area contributed by atoms with Crippen molar-refractivity contribution in [2.24, 2.45) is 0 Å². The Morgan fingerprint density at radius 3 is 2.80 bits per heavy atom. The predicted molar refractivity (Wildman–Crippen MR) is 77.1 cm³/mol. The Kier molecular flexibility index (Phi) is 4.35. The third-order valence-corrected chi connectivity index (χ3v) is 2.63. The van der Waals surface area contributed by atoms with Gasteiger partial charge < -0.3 is 15.4 Å². The van der Waals surface area contributed by atoms with E-state index in [2.05, 4.69) is 20.6 Å². The molecule has 2 aromatic rings. The van der Waals surface area contributed by atoms with Crippen molar-refractivity contribution in [1.82, 2.24) is 9.97 Å². The monoisotopic (exact) mass is 269 g/mol. The molecule has 0 saturated heterocycles. The van der Waals surface area contributed by atoms with Crippen LogP contribution in [0, 0.1) is 18.3 Å². The maximum Gasteiger partial charge on any atom is 0.142 e. The first-order valence-corrected chi connectivity index (χ1v) is 6.07. The van der Waals surface area contributed by atoms with Gasteiger partial charge in [-0.15, -0.1) is 0 Å². The summed E-state index contributed by atoms with van der Waals surface area (Å²) >= 11 is 0. The second kappa shape index (κ2) is 6.38. The van der Waals surface area contributed by atoms with E-state index in [1.165, 1.54) is 6.33 Å². The van der Waals surface area contributed by atoms with Gasteiger partial charge in [0.2, 0.25) is 0 Å². The number of methoxy groups -OCH3 is 1. The van der Waals surface area contributed by atoms with E-state index < -0.39 is 0 Å². The average Bonchev–Trinajstić information content (AvgIpc) is 2.46. The number of hydrogen-bond donors (Lipinski definition) is 2. The summed E-state index contributed by atoms with van der Waals surface area (Å²) in [5.74, 6) is 1.96. The van der Waals surface area contributed by atoms with Crippen LogP contribution in [0.25, 0.3) is 0 Å². The quantitative estimate of drug-likeness (QED) is 0.811. The molecule has 0 atom stereocenters. The summed E-state index contributed by atoms with van der Waals surface area (Å²) in [4.78, 5) is 8.18. The molecule has 6 heteroatoms. The Balaban J connectivity index is 2.21. The summed E-state index contributed by atoms with van der Waals surface area (Å²) < 4.78 is 5.30. The van der Waals surface area contributed by atoms with Crippen molar-refractivity contribution in [1.29, 1.82) is 5.26 Å². The zero-order chi connectivity index (χ0) is 14.4. The molecule has 0 aliphatic carbocycles. The van der Waals surface area contributed by atoms with E-state index in [9.17, 15) is 0 Å². The maximum atomic E-state index is 8.54. The van der Waals surface area contributed by atoms with Gasteiger partial charge in [0, 0.05) is 6.07 Å². The largest absolute Gasteiger partial charge is 0.495 e. The molecule has 0 unspecified atom stereocenters. The van der Waals surface area contributed by atoms with Crippen LogP contribution in [0.2, 0.25) is 0 Å². The zero-order valence-corrected chi connectivity index (χ0v) is 11.3. The highest BCUT2D eigenvalue weighted by atomic mass is 16.5. The predicted octanol–water partition coefficient (Wildman–Crippen LogP) is 2.47. The molecule has 20 heavy (non-hydrogen) atoms. The number of anilines is 3. The number of nitriles is 1. The van der Waals surface area contributed by atoms with Crippen LogP contribution >= 0.6 is 0 Å². The van der Waals surface area contributed by atoms with E-state index in [4.69, 9.17) is 10.00 Å². The minimum atomic E-state index is 0.199. The number of ether oxygens (including phenoxy) is 1. The Hall–Kier alpha value is -2.81. The Morgan fingerprint density at radius 2 is 2.05 bits per heavy atom. The van der Waals surface area contributed by atoms with E-state index >= 15 is 0 Å². The van der Waals surface area contributed by atoms with Crippen molar-refractivity contribution >= 4 is 17.3 Å². The smallest absolute Gasteiger partial charge is 0.142 e. The molecular formula is C14H15N5O. The van der Waals surface area contributed by atoms with Crippen LogP contribution in [0.3, 0.4) is 0 Å². The van der Waals surface area contributed by atoms with Crippen molar-refractivity contribution < 1.29 is 4.74 Å².